The predicted molar refractivity (Wildman–Crippen MR) is 505 cm³/mol. The molecule has 0 amide bonds. The molecule has 1 saturated heterocycles. The number of fused-ring (bicyclic) bond motifs is 32. The molecule has 18 aromatic carbocycles. The Hall–Kier alpha value is -14.6. The monoisotopic (exact) mass is 1620 g/mol. The van der Waals surface area contributed by atoms with E-state index in [4.69, 9.17) is 45.3 Å². The van der Waals surface area contributed by atoms with Crippen LogP contribution < -0.4 is 14.9 Å². The summed E-state index contributed by atoms with van der Waals surface area (Å²) < 4.78 is 24.7. The second-order valence-corrected chi connectivity index (χ2v) is 34.0. The summed E-state index contributed by atoms with van der Waals surface area (Å²) in [6, 6.07) is 130. The normalized spacial score (nSPS) is 14.4. The molecule has 0 bridgehead atoms. The number of rotatable bonds is 8. The van der Waals surface area contributed by atoms with E-state index in [9.17, 15) is 0 Å². The first-order chi connectivity index (χ1) is 60.8. The van der Waals surface area contributed by atoms with Gasteiger partial charge in [-0.05, 0) is 253 Å². The van der Waals surface area contributed by atoms with Crippen molar-refractivity contribution in [1.82, 2.24) is 29.9 Å². The third-order valence-electron chi connectivity index (χ3n) is 26.7. The average Bonchev–Trinajstić information content (AvgIpc) is 1.50. The highest BCUT2D eigenvalue weighted by Crippen LogP contribution is 2.66. The SMILES string of the molecule is COc1ccc2c(c1)c1ccccc1c1cc3c(cc21)C1(c2ccccc2-c2ccccc21)c1cc(-c2nc(-c4ccccc4)nc(-c4ccccc4)n2)ccc1-3.COc1ccc2c(c1)c1ccccc1c1cc3c(cc21)C1(c2ccccc2-c2ccccc21)c1cc(B2OC(C)(C)C(C)(C)O2)ccc1-3.Clc1nc(-c2ccccc2)nc(-c2ccccc2)n1. The molecule has 0 atom stereocenters. The Morgan fingerprint density at radius 3 is 0.887 bits per heavy atom. The van der Waals surface area contributed by atoms with Gasteiger partial charge in [0.05, 0.1) is 36.3 Å². The van der Waals surface area contributed by atoms with Gasteiger partial charge in [-0.2, -0.15) is 9.97 Å². The van der Waals surface area contributed by atoms with Crippen LogP contribution >= 0.6 is 11.6 Å². The molecule has 124 heavy (non-hydrogen) atoms. The third-order valence-corrected chi connectivity index (χ3v) is 26.9. The predicted octanol–water partition coefficient (Wildman–Crippen LogP) is 26.3. The molecule has 4 aliphatic carbocycles. The number of hydrogen-bond acceptors (Lipinski definition) is 10. The van der Waals surface area contributed by atoms with Crippen LogP contribution in [-0.4, -0.2) is 62.4 Å². The fourth-order valence-electron chi connectivity index (χ4n) is 20.4. The summed E-state index contributed by atoms with van der Waals surface area (Å²) >= 11 is 5.99. The number of hydrogen-bond donors (Lipinski definition) is 0. The highest BCUT2D eigenvalue weighted by molar-refractivity contribution is 6.62. The van der Waals surface area contributed by atoms with Crippen LogP contribution in [0.15, 0.2) is 364 Å². The highest BCUT2D eigenvalue weighted by Gasteiger charge is 2.56. The summed E-state index contributed by atoms with van der Waals surface area (Å²) in [7, 11) is 3.03. The second-order valence-electron chi connectivity index (χ2n) is 33.7. The van der Waals surface area contributed by atoms with Crippen LogP contribution in [0.3, 0.4) is 0 Å². The molecule has 10 nitrogen and oxygen atoms in total. The maximum Gasteiger partial charge on any atom is 0.494 e. The maximum atomic E-state index is 6.62. The summed E-state index contributed by atoms with van der Waals surface area (Å²) in [5.41, 5.74) is 24.3. The lowest BCUT2D eigenvalue weighted by atomic mass is 9.68. The van der Waals surface area contributed by atoms with E-state index in [1.165, 1.54) is 154 Å². The fourth-order valence-corrected chi connectivity index (χ4v) is 20.5. The van der Waals surface area contributed by atoms with E-state index in [1.807, 2.05) is 97.1 Å². The number of nitrogens with zero attached hydrogens (tertiary/aromatic N) is 6. The molecule has 12 heteroatoms. The molecule has 25 rings (SSSR count). The Balaban J connectivity index is 0.000000120. The minimum atomic E-state index is -0.565. The first-order valence-corrected chi connectivity index (χ1v) is 42.5. The van der Waals surface area contributed by atoms with Crippen molar-refractivity contribution in [1.29, 1.82) is 0 Å². The van der Waals surface area contributed by atoms with Crippen molar-refractivity contribution in [2.24, 2.45) is 0 Å². The molecule has 1 aliphatic heterocycles. The Labute approximate surface area is 723 Å². The standard InChI is InChI=1S/C53H33N3O.C44H35BO3.C15H10ClN3/c1-57-35-25-27-38-42(29-35)36-18-8-9-19-37(36)43-30-45-41-26-24-34(52-55-50(32-14-4-2-5-15-32)54-51(56-52)33-16-6-3-7-17-33)28-48(41)53(49(45)31-44(38)43)46-22-12-10-20-39(46)40-21-11-13-23-47(40)53;1-42(2)43(3,4)48-45(47-42)26-18-20-33-37-24-35-29-13-7-6-12-28(29)34-23-27(46-5)19-21-30(34)36(35)25-41(37)44(40(33)22-26)38-16-10-8-14-31(38)32-15-9-11-17-39(32)44;16-15-18-13(11-7-3-1-4-8-11)17-14(19-15)12-9-5-2-6-10-12/h2-31H,1H3;6-25H,1-5H3;1-10H. The summed E-state index contributed by atoms with van der Waals surface area (Å²) in [6.45, 7) is 8.49. The molecular formula is C112H78BClN6O4. The maximum absolute atomic E-state index is 6.62. The Bertz CT molecular complexity index is 7600. The molecule has 0 radical (unpaired) electrons. The number of ether oxygens (including phenoxy) is 2. The van der Waals surface area contributed by atoms with Crippen molar-refractivity contribution >= 4 is 88.8 Å². The van der Waals surface area contributed by atoms with Crippen LogP contribution in [0.2, 0.25) is 5.28 Å². The molecule has 5 aliphatic rings. The van der Waals surface area contributed by atoms with Gasteiger partial charge in [0.1, 0.15) is 11.5 Å². The molecule has 2 aromatic heterocycles. The Morgan fingerprint density at radius 2 is 0.516 bits per heavy atom. The summed E-state index contributed by atoms with van der Waals surface area (Å²) in [5.74, 6) is 4.83. The van der Waals surface area contributed by atoms with Gasteiger partial charge in [0.15, 0.2) is 29.1 Å². The minimum absolute atomic E-state index is 0.202. The van der Waals surface area contributed by atoms with Gasteiger partial charge in [-0.1, -0.05) is 309 Å². The molecule has 2 spiro atoms. The van der Waals surface area contributed by atoms with E-state index in [0.29, 0.717) is 29.1 Å². The summed E-state index contributed by atoms with van der Waals surface area (Å²) in [5, 5.41) is 15.0. The first-order valence-electron chi connectivity index (χ1n) is 42.1. The fraction of sp³-hybridized carbons (Fsp3) is 0.0893. The minimum Gasteiger partial charge on any atom is -0.497 e. The molecule has 3 heterocycles. The molecule has 1 fully saturated rings. The van der Waals surface area contributed by atoms with Crippen LogP contribution in [0.4, 0.5) is 0 Å². The largest absolute Gasteiger partial charge is 0.497 e. The van der Waals surface area contributed by atoms with Gasteiger partial charge >= 0.3 is 7.12 Å². The topological polar surface area (TPSA) is 114 Å². The van der Waals surface area contributed by atoms with Crippen LogP contribution in [0.5, 0.6) is 11.5 Å². The molecule has 0 unspecified atom stereocenters. The van der Waals surface area contributed by atoms with Crippen LogP contribution in [0.1, 0.15) is 72.2 Å². The number of halogens is 1. The van der Waals surface area contributed by atoms with Crippen molar-refractivity contribution < 1.29 is 18.8 Å². The highest BCUT2D eigenvalue weighted by atomic mass is 35.5. The van der Waals surface area contributed by atoms with Gasteiger partial charge in [-0.15, -0.1) is 0 Å². The van der Waals surface area contributed by atoms with Gasteiger partial charge in [0.25, 0.3) is 0 Å². The van der Waals surface area contributed by atoms with Crippen molar-refractivity contribution in [3.63, 3.8) is 0 Å². The van der Waals surface area contributed by atoms with E-state index in [-0.39, 0.29) is 5.28 Å². The Kier molecular flexibility index (Phi) is 17.3. The van der Waals surface area contributed by atoms with Gasteiger partial charge in [-0.3, -0.25) is 0 Å². The van der Waals surface area contributed by atoms with Crippen LogP contribution in [0.25, 0.3) is 166 Å². The van der Waals surface area contributed by atoms with Crippen LogP contribution in [-0.2, 0) is 20.1 Å². The molecule has 0 N–H and O–H groups in total. The summed E-state index contributed by atoms with van der Waals surface area (Å²) in [6.07, 6.45) is 0. The van der Waals surface area contributed by atoms with E-state index < -0.39 is 29.2 Å². The van der Waals surface area contributed by atoms with Crippen molar-refractivity contribution in [3.8, 4) is 113 Å². The third kappa shape index (κ3) is 11.4. The zero-order valence-corrected chi connectivity index (χ0v) is 69.7. The van der Waals surface area contributed by atoms with Crippen LogP contribution in [0, 0.1) is 0 Å². The zero-order valence-electron chi connectivity index (χ0n) is 68.9. The second kappa shape index (κ2) is 28.8. The van der Waals surface area contributed by atoms with Gasteiger partial charge in [0, 0.05) is 27.8 Å². The lowest BCUT2D eigenvalue weighted by Crippen LogP contribution is -2.41. The van der Waals surface area contributed by atoms with E-state index in [1.54, 1.807) is 14.2 Å². The zero-order chi connectivity index (χ0) is 83.3. The van der Waals surface area contributed by atoms with Gasteiger partial charge in [0.2, 0.25) is 5.28 Å². The first kappa shape index (κ1) is 74.5. The van der Waals surface area contributed by atoms with Gasteiger partial charge < -0.3 is 18.8 Å². The molecule has 20 aromatic rings. The van der Waals surface area contributed by atoms with E-state index in [0.717, 1.165) is 44.8 Å². The molecular weight excluding hydrogens is 1540 g/mol. The van der Waals surface area contributed by atoms with E-state index in [2.05, 4.69) is 310 Å². The van der Waals surface area contributed by atoms with Crippen molar-refractivity contribution in [2.45, 2.75) is 49.7 Å². The van der Waals surface area contributed by atoms with E-state index >= 15 is 0 Å². The van der Waals surface area contributed by atoms with Crippen molar-refractivity contribution in [3.05, 3.63) is 414 Å². The van der Waals surface area contributed by atoms with Crippen molar-refractivity contribution in [2.75, 3.05) is 14.2 Å². The van der Waals surface area contributed by atoms with Gasteiger partial charge in [-0.25, -0.2) is 19.9 Å². The Morgan fingerprint density at radius 1 is 0.234 bits per heavy atom. The molecule has 0 saturated carbocycles. The smallest absolute Gasteiger partial charge is 0.494 e. The number of methoxy groups -OCH3 is 2. The quantitative estimate of drug-likeness (QED) is 0.108. The lowest BCUT2D eigenvalue weighted by Gasteiger charge is -2.32. The number of aromatic nitrogens is 6. The molecule has 590 valence electrons. The lowest BCUT2D eigenvalue weighted by molar-refractivity contribution is 0.00578. The number of benzene rings is 18. The average molecular weight is 1620 g/mol. The summed E-state index contributed by atoms with van der Waals surface area (Å²) in [4.78, 5) is 28.2.